The van der Waals surface area contributed by atoms with Gasteiger partial charge in [0.2, 0.25) is 0 Å². The lowest BCUT2D eigenvalue weighted by atomic mass is 10.0. The summed E-state index contributed by atoms with van der Waals surface area (Å²) in [5.74, 6) is 0.648. The minimum atomic E-state index is -0.381. The van der Waals surface area contributed by atoms with Gasteiger partial charge in [0.05, 0.1) is 16.7 Å². The van der Waals surface area contributed by atoms with E-state index in [-0.39, 0.29) is 11.9 Å². The molecular weight excluding hydrogens is 388 g/mol. The number of para-hydroxylation sites is 2. The van der Waals surface area contributed by atoms with Gasteiger partial charge in [-0.2, -0.15) is 0 Å². The normalized spacial score (nSPS) is 17.4. The van der Waals surface area contributed by atoms with Gasteiger partial charge in [0.15, 0.2) is 0 Å². The van der Waals surface area contributed by atoms with Crippen LogP contribution < -0.4 is 0 Å². The summed E-state index contributed by atoms with van der Waals surface area (Å²) in [6.07, 6.45) is 0.642. The van der Waals surface area contributed by atoms with Crippen LogP contribution in [0.15, 0.2) is 84.0 Å². The van der Waals surface area contributed by atoms with Gasteiger partial charge in [-0.15, -0.1) is 0 Å². The van der Waals surface area contributed by atoms with E-state index in [0.717, 1.165) is 27.9 Å². The first-order chi connectivity index (χ1) is 15.2. The zero-order chi connectivity index (χ0) is 21.2. The maximum absolute atomic E-state index is 13.4. The van der Waals surface area contributed by atoms with Crippen molar-refractivity contribution >= 4 is 22.7 Å². The lowest BCUT2D eigenvalue weighted by Crippen LogP contribution is -2.33. The molecule has 1 fully saturated rings. The molecule has 1 aromatic heterocycles. The number of carbonyl (C=O) groups excluding carboxylic acids is 1. The lowest BCUT2D eigenvalue weighted by Gasteiger charge is -2.23. The zero-order valence-electron chi connectivity index (χ0n) is 17.2. The van der Waals surface area contributed by atoms with Crippen molar-refractivity contribution in [1.82, 2.24) is 14.9 Å². The second-order valence-electron chi connectivity index (χ2n) is 7.50. The summed E-state index contributed by atoms with van der Waals surface area (Å²) in [6.45, 7) is 0.559. The number of imidazole rings is 1. The van der Waals surface area contributed by atoms with Gasteiger partial charge >= 0.3 is 0 Å². The van der Waals surface area contributed by atoms with E-state index < -0.39 is 0 Å². The number of benzene rings is 3. The maximum atomic E-state index is 13.4. The number of nitrogens with zero attached hydrogens (tertiary/aromatic N) is 3. The second kappa shape index (κ2) is 8.07. The van der Waals surface area contributed by atoms with Gasteiger partial charge in [0, 0.05) is 18.5 Å². The number of amides is 1. The molecule has 1 atom stereocenters. The van der Waals surface area contributed by atoms with E-state index in [2.05, 4.69) is 22.3 Å². The number of fused-ring (bicyclic) bond motifs is 1. The molecule has 1 saturated heterocycles. The van der Waals surface area contributed by atoms with Crippen LogP contribution in [0.4, 0.5) is 0 Å². The quantitative estimate of drug-likeness (QED) is 0.491. The molecule has 1 amide bonds. The third-order valence-electron chi connectivity index (χ3n) is 5.61. The number of likely N-dealkylation sites (tertiary alicyclic amines) is 1. The molecule has 6 nitrogen and oxygen atoms in total. The van der Waals surface area contributed by atoms with Gasteiger partial charge < -0.3 is 14.7 Å². The fraction of sp³-hybridized carbons (Fsp3) is 0.160. The number of carbonyl (C=O) groups is 1. The molecule has 0 spiro atoms. The average Bonchev–Trinajstić information content (AvgIpc) is 3.43. The van der Waals surface area contributed by atoms with Crippen molar-refractivity contribution < 1.29 is 9.63 Å². The van der Waals surface area contributed by atoms with E-state index in [0.29, 0.717) is 24.4 Å². The topological polar surface area (TPSA) is 70.6 Å². The van der Waals surface area contributed by atoms with Crippen molar-refractivity contribution in [3.8, 4) is 11.1 Å². The number of aromatic amines is 1. The van der Waals surface area contributed by atoms with Crippen molar-refractivity contribution in [3.05, 3.63) is 90.3 Å². The summed E-state index contributed by atoms with van der Waals surface area (Å²) in [4.78, 5) is 28.4. The molecule has 3 aromatic carbocycles. The maximum Gasteiger partial charge on any atom is 0.254 e. The first kappa shape index (κ1) is 19.1. The van der Waals surface area contributed by atoms with E-state index in [1.54, 1.807) is 0 Å². The molecule has 0 aliphatic carbocycles. The fourth-order valence-corrected chi connectivity index (χ4v) is 4.12. The molecule has 1 unspecified atom stereocenters. The molecule has 0 bridgehead atoms. The van der Waals surface area contributed by atoms with Gasteiger partial charge in [-0.1, -0.05) is 59.8 Å². The minimum absolute atomic E-state index is 0.0497. The molecule has 0 radical (unpaired) electrons. The Hall–Kier alpha value is -3.93. The highest BCUT2D eigenvalue weighted by atomic mass is 16.6. The number of oxime groups is 1. The first-order valence-corrected chi connectivity index (χ1v) is 10.3. The van der Waals surface area contributed by atoms with Gasteiger partial charge in [0.25, 0.3) is 5.91 Å². The SMILES string of the molecule is CON=C1CCN(C(=O)c2ccc(-c3ccccc3)cc2)C1c1nc2ccccc2[nH]1. The van der Waals surface area contributed by atoms with Crippen LogP contribution in [0.2, 0.25) is 0 Å². The Bertz CT molecular complexity index is 1210. The second-order valence-corrected chi connectivity index (χ2v) is 7.50. The number of nitrogens with one attached hydrogen (secondary N) is 1. The number of aromatic nitrogens is 2. The number of hydrogen-bond donors (Lipinski definition) is 1. The van der Waals surface area contributed by atoms with Gasteiger partial charge in [-0.3, -0.25) is 4.79 Å². The van der Waals surface area contributed by atoms with Gasteiger partial charge in [0.1, 0.15) is 19.0 Å². The molecule has 1 N–H and O–H groups in total. The molecular formula is C25H22N4O2. The monoisotopic (exact) mass is 410 g/mol. The minimum Gasteiger partial charge on any atom is -0.399 e. The summed E-state index contributed by atoms with van der Waals surface area (Å²) < 4.78 is 0. The Morgan fingerprint density at radius 2 is 1.71 bits per heavy atom. The molecule has 154 valence electrons. The first-order valence-electron chi connectivity index (χ1n) is 10.3. The van der Waals surface area contributed by atoms with Crippen molar-refractivity contribution in [3.63, 3.8) is 0 Å². The van der Waals surface area contributed by atoms with E-state index in [1.165, 1.54) is 7.11 Å². The van der Waals surface area contributed by atoms with Gasteiger partial charge in [-0.25, -0.2) is 4.98 Å². The standard InChI is InChI=1S/C25H22N4O2/c1-31-28-22-15-16-29(23(22)24-26-20-9-5-6-10-21(20)27-24)25(30)19-13-11-18(12-14-19)17-7-3-2-4-8-17/h2-14,23H,15-16H2,1H3,(H,26,27). The van der Waals surface area contributed by atoms with Crippen molar-refractivity contribution in [2.75, 3.05) is 13.7 Å². The predicted octanol–water partition coefficient (Wildman–Crippen LogP) is 4.82. The summed E-state index contributed by atoms with van der Waals surface area (Å²) >= 11 is 0. The third kappa shape index (κ3) is 3.57. The van der Waals surface area contributed by atoms with E-state index >= 15 is 0 Å². The molecule has 0 saturated carbocycles. The Kier molecular flexibility index (Phi) is 4.96. The molecule has 1 aliphatic heterocycles. The highest BCUT2D eigenvalue weighted by Gasteiger charge is 2.38. The highest BCUT2D eigenvalue weighted by Crippen LogP contribution is 2.32. The summed E-state index contributed by atoms with van der Waals surface area (Å²) in [6, 6.07) is 25.3. The fourth-order valence-electron chi connectivity index (χ4n) is 4.12. The summed E-state index contributed by atoms with van der Waals surface area (Å²) in [5, 5.41) is 4.19. The molecule has 5 rings (SSSR count). The molecule has 2 heterocycles. The van der Waals surface area contributed by atoms with E-state index in [9.17, 15) is 4.79 Å². The summed E-state index contributed by atoms with van der Waals surface area (Å²) in [7, 11) is 1.52. The Labute approximate surface area is 180 Å². The van der Waals surface area contributed by atoms with Crippen LogP contribution in [0, 0.1) is 0 Å². The zero-order valence-corrected chi connectivity index (χ0v) is 17.2. The molecule has 6 heteroatoms. The number of hydrogen-bond acceptors (Lipinski definition) is 4. The molecule has 4 aromatic rings. The van der Waals surface area contributed by atoms with Gasteiger partial charge in [-0.05, 0) is 35.4 Å². The van der Waals surface area contributed by atoms with Crippen LogP contribution in [-0.2, 0) is 4.84 Å². The van der Waals surface area contributed by atoms with Crippen LogP contribution in [0.3, 0.4) is 0 Å². The van der Waals surface area contributed by atoms with Crippen LogP contribution >= 0.6 is 0 Å². The predicted molar refractivity (Wildman–Crippen MR) is 121 cm³/mol. The van der Waals surface area contributed by atoms with Crippen molar-refractivity contribution in [2.45, 2.75) is 12.5 Å². The third-order valence-corrected chi connectivity index (χ3v) is 5.61. The Morgan fingerprint density at radius 3 is 2.45 bits per heavy atom. The van der Waals surface area contributed by atoms with Crippen molar-refractivity contribution in [2.24, 2.45) is 5.16 Å². The van der Waals surface area contributed by atoms with Crippen LogP contribution in [0.1, 0.15) is 28.6 Å². The van der Waals surface area contributed by atoms with Crippen LogP contribution in [0.25, 0.3) is 22.2 Å². The van der Waals surface area contributed by atoms with Crippen molar-refractivity contribution in [1.29, 1.82) is 0 Å². The average molecular weight is 410 g/mol. The smallest absolute Gasteiger partial charge is 0.254 e. The number of rotatable bonds is 4. The largest absolute Gasteiger partial charge is 0.399 e. The highest BCUT2D eigenvalue weighted by molar-refractivity contribution is 6.02. The van der Waals surface area contributed by atoms with E-state index in [1.807, 2.05) is 71.6 Å². The molecule has 31 heavy (non-hydrogen) atoms. The van der Waals surface area contributed by atoms with Crippen LogP contribution in [0.5, 0.6) is 0 Å². The number of H-pyrrole nitrogens is 1. The summed E-state index contributed by atoms with van der Waals surface area (Å²) in [5.41, 5.74) is 5.42. The van der Waals surface area contributed by atoms with Crippen LogP contribution in [-0.4, -0.2) is 40.1 Å². The lowest BCUT2D eigenvalue weighted by molar-refractivity contribution is 0.0747. The molecule has 1 aliphatic rings. The Balaban J connectivity index is 1.47. The van der Waals surface area contributed by atoms with E-state index in [4.69, 9.17) is 9.82 Å². The Morgan fingerprint density at radius 1 is 1.00 bits per heavy atom.